The molecule has 0 radical (unpaired) electrons. The minimum atomic E-state index is -0.0216. The van der Waals surface area contributed by atoms with Gasteiger partial charge in [0.25, 0.3) is 0 Å². The molecule has 1 atom stereocenters. The molecule has 0 saturated carbocycles. The lowest BCUT2D eigenvalue weighted by Crippen LogP contribution is -2.19. The second kappa shape index (κ2) is 3.74. The molecule has 76 valence electrons. The smallest absolute Gasteiger partial charge is 0.0904 e. The van der Waals surface area contributed by atoms with E-state index < -0.39 is 0 Å². The van der Waals surface area contributed by atoms with Crippen LogP contribution in [0.4, 0.5) is 0 Å². The highest BCUT2D eigenvalue weighted by Crippen LogP contribution is 2.35. The maximum Gasteiger partial charge on any atom is 0.0904 e. The molecule has 1 saturated heterocycles. The molecule has 0 amide bonds. The Hall–Kier alpha value is -0.820. The maximum absolute atomic E-state index is 5.80. The van der Waals surface area contributed by atoms with E-state index in [1.54, 1.807) is 0 Å². The highest BCUT2D eigenvalue weighted by molar-refractivity contribution is 5.27. The number of aryl methyl sites for hydroxylation is 1. The molecule has 1 aromatic carbocycles. The Morgan fingerprint density at radius 2 is 2.00 bits per heavy atom. The van der Waals surface area contributed by atoms with Crippen LogP contribution < -0.4 is 0 Å². The summed E-state index contributed by atoms with van der Waals surface area (Å²) < 4.78 is 5.80. The van der Waals surface area contributed by atoms with Gasteiger partial charge in [0.15, 0.2) is 0 Å². The lowest BCUT2D eigenvalue weighted by Gasteiger charge is -2.23. The van der Waals surface area contributed by atoms with Gasteiger partial charge in [-0.25, -0.2) is 0 Å². The number of rotatable bonds is 2. The Morgan fingerprint density at radius 3 is 2.50 bits per heavy atom. The average molecular weight is 190 g/mol. The standard InChI is InChI=1S/C13H18O/c1-3-11-5-7-12(8-6-11)13(2)9-4-10-14-13/h5-8H,3-4,9-10H2,1-2H3. The predicted octanol–water partition coefficient (Wildman–Crippen LogP) is 3.27. The number of ether oxygens (including phenoxy) is 1. The van der Waals surface area contributed by atoms with Crippen molar-refractivity contribution < 1.29 is 4.74 Å². The van der Waals surface area contributed by atoms with Crippen LogP contribution in [0.1, 0.15) is 37.8 Å². The molecule has 0 N–H and O–H groups in total. The lowest BCUT2D eigenvalue weighted by molar-refractivity contribution is 0.0168. The highest BCUT2D eigenvalue weighted by Gasteiger charge is 2.31. The summed E-state index contributed by atoms with van der Waals surface area (Å²) in [6, 6.07) is 8.85. The summed E-state index contributed by atoms with van der Waals surface area (Å²) in [5.74, 6) is 0. The topological polar surface area (TPSA) is 9.23 Å². The van der Waals surface area contributed by atoms with Crippen LogP contribution in [0.3, 0.4) is 0 Å². The van der Waals surface area contributed by atoms with Gasteiger partial charge in [-0.3, -0.25) is 0 Å². The molecule has 0 aliphatic carbocycles. The number of benzene rings is 1. The van der Waals surface area contributed by atoms with Gasteiger partial charge in [-0.1, -0.05) is 31.2 Å². The van der Waals surface area contributed by atoms with Gasteiger partial charge in [0.05, 0.1) is 5.60 Å². The molecule has 0 aromatic heterocycles. The first-order chi connectivity index (χ1) is 6.74. The average Bonchev–Trinajstić information content (AvgIpc) is 2.67. The minimum Gasteiger partial charge on any atom is -0.371 e. The van der Waals surface area contributed by atoms with Gasteiger partial charge < -0.3 is 4.74 Å². The van der Waals surface area contributed by atoms with E-state index in [-0.39, 0.29) is 5.60 Å². The summed E-state index contributed by atoms with van der Waals surface area (Å²) in [6.07, 6.45) is 3.45. The van der Waals surface area contributed by atoms with Gasteiger partial charge in [0.1, 0.15) is 0 Å². The quantitative estimate of drug-likeness (QED) is 0.695. The van der Waals surface area contributed by atoms with Crippen molar-refractivity contribution in [1.29, 1.82) is 0 Å². The van der Waals surface area contributed by atoms with Crippen LogP contribution in [0.5, 0.6) is 0 Å². The van der Waals surface area contributed by atoms with Crippen molar-refractivity contribution in [2.24, 2.45) is 0 Å². The Balaban J connectivity index is 2.23. The van der Waals surface area contributed by atoms with Crippen molar-refractivity contribution in [2.75, 3.05) is 6.61 Å². The van der Waals surface area contributed by atoms with Crippen molar-refractivity contribution in [3.05, 3.63) is 35.4 Å². The maximum atomic E-state index is 5.80. The van der Waals surface area contributed by atoms with E-state index in [9.17, 15) is 0 Å². The zero-order chi connectivity index (χ0) is 10.0. The molecular weight excluding hydrogens is 172 g/mol. The first-order valence-corrected chi connectivity index (χ1v) is 5.48. The number of hydrogen-bond acceptors (Lipinski definition) is 1. The van der Waals surface area contributed by atoms with Gasteiger partial charge in [0, 0.05) is 6.61 Å². The summed E-state index contributed by atoms with van der Waals surface area (Å²) >= 11 is 0. The summed E-state index contributed by atoms with van der Waals surface area (Å²) in [5.41, 5.74) is 2.70. The largest absolute Gasteiger partial charge is 0.371 e. The predicted molar refractivity (Wildman–Crippen MR) is 58.4 cm³/mol. The Morgan fingerprint density at radius 1 is 1.29 bits per heavy atom. The van der Waals surface area contributed by atoms with Crippen molar-refractivity contribution in [3.63, 3.8) is 0 Å². The van der Waals surface area contributed by atoms with Crippen molar-refractivity contribution in [1.82, 2.24) is 0 Å². The first kappa shape index (κ1) is 9.72. The molecular formula is C13H18O. The van der Waals surface area contributed by atoms with E-state index in [2.05, 4.69) is 38.1 Å². The molecule has 1 aromatic rings. The molecule has 0 spiro atoms. The second-order valence-electron chi connectivity index (χ2n) is 4.23. The van der Waals surface area contributed by atoms with E-state index >= 15 is 0 Å². The molecule has 1 nitrogen and oxygen atoms in total. The zero-order valence-electron chi connectivity index (χ0n) is 9.05. The normalized spacial score (nSPS) is 26.7. The van der Waals surface area contributed by atoms with Crippen molar-refractivity contribution in [2.45, 2.75) is 38.7 Å². The highest BCUT2D eigenvalue weighted by atomic mass is 16.5. The van der Waals surface area contributed by atoms with Gasteiger partial charge in [-0.2, -0.15) is 0 Å². The third kappa shape index (κ3) is 1.69. The Bertz CT molecular complexity index is 294. The summed E-state index contributed by atoms with van der Waals surface area (Å²) in [4.78, 5) is 0. The van der Waals surface area contributed by atoms with Crippen molar-refractivity contribution >= 4 is 0 Å². The van der Waals surface area contributed by atoms with Gasteiger partial charge >= 0.3 is 0 Å². The fourth-order valence-corrected chi connectivity index (χ4v) is 2.10. The van der Waals surface area contributed by atoms with Crippen LogP contribution in [0, 0.1) is 0 Å². The van der Waals surface area contributed by atoms with Gasteiger partial charge in [-0.15, -0.1) is 0 Å². The zero-order valence-corrected chi connectivity index (χ0v) is 9.05. The van der Waals surface area contributed by atoms with Crippen molar-refractivity contribution in [3.8, 4) is 0 Å². The van der Waals surface area contributed by atoms with Crippen LogP contribution in [0.15, 0.2) is 24.3 Å². The van der Waals surface area contributed by atoms with Crippen LogP contribution in [-0.4, -0.2) is 6.61 Å². The van der Waals surface area contributed by atoms with Gasteiger partial charge in [-0.05, 0) is 37.3 Å². The Kier molecular flexibility index (Phi) is 2.60. The summed E-state index contributed by atoms with van der Waals surface area (Å²) in [6.45, 7) is 5.29. The third-order valence-corrected chi connectivity index (χ3v) is 3.19. The molecule has 14 heavy (non-hydrogen) atoms. The fraction of sp³-hybridized carbons (Fsp3) is 0.538. The monoisotopic (exact) mass is 190 g/mol. The van der Waals surface area contributed by atoms with Gasteiger partial charge in [0.2, 0.25) is 0 Å². The molecule has 1 aliphatic heterocycles. The molecule has 2 rings (SSSR count). The van der Waals surface area contributed by atoms with E-state index in [0.717, 1.165) is 19.4 Å². The molecule has 1 unspecified atom stereocenters. The molecule has 1 fully saturated rings. The van der Waals surface area contributed by atoms with Crippen LogP contribution in [0.2, 0.25) is 0 Å². The molecule has 1 heterocycles. The summed E-state index contributed by atoms with van der Waals surface area (Å²) in [5, 5.41) is 0. The van der Waals surface area contributed by atoms with Crippen LogP contribution in [-0.2, 0) is 16.8 Å². The van der Waals surface area contributed by atoms with E-state index in [1.165, 1.54) is 17.5 Å². The lowest BCUT2D eigenvalue weighted by atomic mass is 9.92. The molecule has 1 aliphatic rings. The number of hydrogen-bond donors (Lipinski definition) is 0. The fourth-order valence-electron chi connectivity index (χ4n) is 2.10. The SMILES string of the molecule is CCc1ccc(C2(C)CCCO2)cc1. The molecule has 1 heteroatoms. The van der Waals surface area contributed by atoms with E-state index in [1.807, 2.05) is 0 Å². The van der Waals surface area contributed by atoms with Crippen LogP contribution in [0.25, 0.3) is 0 Å². The van der Waals surface area contributed by atoms with E-state index in [0.29, 0.717) is 0 Å². The second-order valence-corrected chi connectivity index (χ2v) is 4.23. The van der Waals surface area contributed by atoms with E-state index in [4.69, 9.17) is 4.74 Å². The van der Waals surface area contributed by atoms with Crippen LogP contribution >= 0.6 is 0 Å². The molecule has 0 bridgehead atoms. The Labute approximate surface area is 86.1 Å². The summed E-state index contributed by atoms with van der Waals surface area (Å²) in [7, 11) is 0. The minimum absolute atomic E-state index is 0.0216. The third-order valence-electron chi connectivity index (χ3n) is 3.19. The first-order valence-electron chi connectivity index (χ1n) is 5.48.